The van der Waals surface area contributed by atoms with E-state index in [1.807, 2.05) is 63.2 Å². The SMILES string of the molecule is CC(C)(C)OC(=O)CSc1nc2ccccc2c(=O)n1-c1ccccc1. The number of fused-ring (bicyclic) bond motifs is 1. The molecule has 0 bridgehead atoms. The second-order valence-corrected chi connectivity index (χ2v) is 7.71. The molecule has 0 unspecified atom stereocenters. The summed E-state index contributed by atoms with van der Waals surface area (Å²) in [5.41, 5.74) is 0.611. The minimum Gasteiger partial charge on any atom is -0.459 e. The quantitative estimate of drug-likeness (QED) is 0.398. The fourth-order valence-corrected chi connectivity index (χ4v) is 3.29. The Hall–Kier alpha value is -2.60. The molecule has 2 aromatic carbocycles. The summed E-state index contributed by atoms with van der Waals surface area (Å²) in [4.78, 5) is 29.7. The van der Waals surface area contributed by atoms with Crippen LogP contribution in [0.3, 0.4) is 0 Å². The number of hydrogen-bond acceptors (Lipinski definition) is 5. The van der Waals surface area contributed by atoms with Crippen LogP contribution < -0.4 is 5.56 Å². The molecule has 0 spiro atoms. The summed E-state index contributed by atoms with van der Waals surface area (Å²) in [5, 5.41) is 1.00. The van der Waals surface area contributed by atoms with Crippen LogP contribution in [-0.2, 0) is 9.53 Å². The molecular formula is C20H20N2O3S. The molecule has 5 nitrogen and oxygen atoms in total. The summed E-state index contributed by atoms with van der Waals surface area (Å²) in [5.74, 6) is -0.265. The number of carbonyl (C=O) groups is 1. The number of para-hydroxylation sites is 2. The number of rotatable bonds is 4. The molecule has 134 valence electrons. The second-order valence-electron chi connectivity index (χ2n) is 6.76. The third-order valence-corrected chi connectivity index (χ3v) is 4.41. The van der Waals surface area contributed by atoms with Crippen LogP contribution >= 0.6 is 11.8 Å². The van der Waals surface area contributed by atoms with Gasteiger partial charge in [0.25, 0.3) is 5.56 Å². The minimum absolute atomic E-state index is 0.0783. The molecule has 0 aliphatic heterocycles. The van der Waals surface area contributed by atoms with E-state index < -0.39 is 5.60 Å². The zero-order valence-corrected chi connectivity index (χ0v) is 15.7. The Morgan fingerprint density at radius 3 is 2.42 bits per heavy atom. The summed E-state index contributed by atoms with van der Waals surface area (Å²) in [6.45, 7) is 5.47. The summed E-state index contributed by atoms with van der Waals surface area (Å²) in [7, 11) is 0. The minimum atomic E-state index is -0.548. The fraction of sp³-hybridized carbons (Fsp3) is 0.250. The lowest BCUT2D eigenvalue weighted by molar-refractivity contribution is -0.151. The van der Waals surface area contributed by atoms with Crippen LogP contribution in [0.15, 0.2) is 64.5 Å². The van der Waals surface area contributed by atoms with E-state index in [0.717, 1.165) is 0 Å². The summed E-state index contributed by atoms with van der Waals surface area (Å²) in [6, 6.07) is 16.5. The molecule has 6 heteroatoms. The van der Waals surface area contributed by atoms with Crippen LogP contribution in [-0.4, -0.2) is 26.9 Å². The van der Waals surface area contributed by atoms with Gasteiger partial charge in [0.1, 0.15) is 5.60 Å². The Bertz CT molecular complexity index is 991. The van der Waals surface area contributed by atoms with Crippen molar-refractivity contribution in [1.29, 1.82) is 0 Å². The molecule has 1 heterocycles. The number of nitrogens with zero attached hydrogens (tertiary/aromatic N) is 2. The van der Waals surface area contributed by atoms with Crippen molar-refractivity contribution < 1.29 is 9.53 Å². The summed E-state index contributed by atoms with van der Waals surface area (Å²) >= 11 is 1.20. The van der Waals surface area contributed by atoms with Crippen molar-refractivity contribution in [3.05, 3.63) is 65.0 Å². The first kappa shape index (κ1) is 18.2. The largest absolute Gasteiger partial charge is 0.459 e. The van der Waals surface area contributed by atoms with Gasteiger partial charge in [-0.15, -0.1) is 0 Å². The number of hydrogen-bond donors (Lipinski definition) is 0. The summed E-state index contributed by atoms with van der Waals surface area (Å²) < 4.78 is 6.89. The molecule has 0 amide bonds. The molecule has 3 rings (SSSR count). The zero-order valence-electron chi connectivity index (χ0n) is 14.9. The smallest absolute Gasteiger partial charge is 0.316 e. The van der Waals surface area contributed by atoms with Crippen LogP contribution in [0, 0.1) is 0 Å². The Kier molecular flexibility index (Phi) is 5.13. The molecule has 1 aromatic heterocycles. The van der Waals surface area contributed by atoms with E-state index in [-0.39, 0.29) is 17.3 Å². The van der Waals surface area contributed by atoms with Gasteiger partial charge in [0, 0.05) is 0 Å². The molecule has 0 saturated heterocycles. The molecule has 3 aromatic rings. The van der Waals surface area contributed by atoms with Crippen LogP contribution in [0.2, 0.25) is 0 Å². The van der Waals surface area contributed by atoms with Gasteiger partial charge in [-0.25, -0.2) is 4.98 Å². The van der Waals surface area contributed by atoms with Gasteiger partial charge in [-0.3, -0.25) is 14.2 Å². The van der Waals surface area contributed by atoms with Crippen LogP contribution in [0.25, 0.3) is 16.6 Å². The first-order valence-electron chi connectivity index (χ1n) is 8.27. The van der Waals surface area contributed by atoms with Gasteiger partial charge in [0.2, 0.25) is 0 Å². The molecule has 0 N–H and O–H groups in total. The second kappa shape index (κ2) is 7.33. The molecule has 0 fully saturated rings. The topological polar surface area (TPSA) is 61.2 Å². The number of thioether (sulfide) groups is 1. The number of aromatic nitrogens is 2. The average Bonchev–Trinajstić information content (AvgIpc) is 2.59. The molecule has 0 radical (unpaired) electrons. The van der Waals surface area contributed by atoms with E-state index in [9.17, 15) is 9.59 Å². The normalized spacial score (nSPS) is 11.5. The maximum absolute atomic E-state index is 13.0. The highest BCUT2D eigenvalue weighted by Gasteiger charge is 2.19. The Morgan fingerprint density at radius 2 is 1.73 bits per heavy atom. The van der Waals surface area contributed by atoms with Gasteiger partial charge in [-0.1, -0.05) is 42.1 Å². The molecular weight excluding hydrogens is 348 g/mol. The first-order chi connectivity index (χ1) is 12.3. The number of benzene rings is 2. The van der Waals surface area contributed by atoms with Crippen molar-refractivity contribution in [2.75, 3.05) is 5.75 Å². The predicted octanol–water partition coefficient (Wildman–Crippen LogP) is 3.82. The lowest BCUT2D eigenvalue weighted by atomic mass is 10.2. The third-order valence-electron chi connectivity index (χ3n) is 3.50. The molecule has 0 saturated carbocycles. The lowest BCUT2D eigenvalue weighted by Gasteiger charge is -2.19. The Morgan fingerprint density at radius 1 is 1.08 bits per heavy atom. The van der Waals surface area contributed by atoms with Gasteiger partial charge in [-0.2, -0.15) is 0 Å². The van der Waals surface area contributed by atoms with Crippen molar-refractivity contribution in [2.45, 2.75) is 31.5 Å². The number of carbonyl (C=O) groups excluding carboxylic acids is 1. The van der Waals surface area contributed by atoms with E-state index in [1.54, 1.807) is 12.1 Å². The van der Waals surface area contributed by atoms with E-state index in [2.05, 4.69) is 4.98 Å². The van der Waals surface area contributed by atoms with Crippen molar-refractivity contribution in [1.82, 2.24) is 9.55 Å². The Labute approximate surface area is 156 Å². The van der Waals surface area contributed by atoms with Gasteiger partial charge >= 0.3 is 5.97 Å². The molecule has 0 aliphatic carbocycles. The van der Waals surface area contributed by atoms with Crippen molar-refractivity contribution in [3.8, 4) is 5.69 Å². The summed E-state index contributed by atoms with van der Waals surface area (Å²) in [6.07, 6.45) is 0. The fourth-order valence-electron chi connectivity index (χ4n) is 2.51. The highest BCUT2D eigenvalue weighted by Crippen LogP contribution is 2.22. The van der Waals surface area contributed by atoms with E-state index >= 15 is 0 Å². The number of esters is 1. The Balaban J connectivity index is 2.03. The van der Waals surface area contributed by atoms with Gasteiger partial charge in [0.05, 0.1) is 22.3 Å². The van der Waals surface area contributed by atoms with Gasteiger partial charge < -0.3 is 4.74 Å². The van der Waals surface area contributed by atoms with Gasteiger partial charge in [0.15, 0.2) is 5.16 Å². The standard InChI is InChI=1S/C20H20N2O3S/c1-20(2,3)25-17(23)13-26-19-21-16-12-8-7-11-15(16)18(24)22(19)14-9-5-4-6-10-14/h4-12H,13H2,1-3H3. The van der Waals surface area contributed by atoms with E-state index in [0.29, 0.717) is 21.7 Å². The van der Waals surface area contributed by atoms with Crippen molar-refractivity contribution >= 4 is 28.6 Å². The first-order valence-corrected chi connectivity index (χ1v) is 9.25. The van der Waals surface area contributed by atoms with E-state index in [4.69, 9.17) is 4.74 Å². The van der Waals surface area contributed by atoms with Crippen LogP contribution in [0.1, 0.15) is 20.8 Å². The van der Waals surface area contributed by atoms with Crippen molar-refractivity contribution in [3.63, 3.8) is 0 Å². The van der Waals surface area contributed by atoms with Crippen molar-refractivity contribution in [2.24, 2.45) is 0 Å². The zero-order chi connectivity index (χ0) is 18.7. The molecule has 0 aliphatic rings. The predicted molar refractivity (Wildman–Crippen MR) is 104 cm³/mol. The monoisotopic (exact) mass is 368 g/mol. The molecule has 26 heavy (non-hydrogen) atoms. The van der Waals surface area contributed by atoms with Crippen LogP contribution in [0.4, 0.5) is 0 Å². The van der Waals surface area contributed by atoms with Gasteiger partial charge in [-0.05, 0) is 45.0 Å². The third kappa shape index (κ3) is 4.14. The molecule has 0 atom stereocenters. The highest BCUT2D eigenvalue weighted by molar-refractivity contribution is 7.99. The number of ether oxygens (including phenoxy) is 1. The maximum atomic E-state index is 13.0. The maximum Gasteiger partial charge on any atom is 0.316 e. The lowest BCUT2D eigenvalue weighted by Crippen LogP contribution is -2.26. The van der Waals surface area contributed by atoms with Crippen LogP contribution in [0.5, 0.6) is 0 Å². The highest BCUT2D eigenvalue weighted by atomic mass is 32.2. The average molecular weight is 368 g/mol. The van der Waals surface area contributed by atoms with E-state index in [1.165, 1.54) is 16.3 Å².